The maximum absolute atomic E-state index is 10.9. The Bertz CT molecular complexity index is 1390. The van der Waals surface area contributed by atoms with Gasteiger partial charge in [-0.1, -0.05) is 36.8 Å². The molecule has 2 aromatic heterocycles. The highest BCUT2D eigenvalue weighted by Gasteiger charge is 2.29. The molecule has 0 bridgehead atoms. The number of carboxylic acids is 1. The number of thiazole rings is 1. The van der Waals surface area contributed by atoms with Crippen molar-refractivity contribution < 1.29 is 9.90 Å². The molecule has 1 fully saturated rings. The van der Waals surface area contributed by atoms with Crippen molar-refractivity contribution in [2.45, 2.75) is 33.1 Å². The Labute approximate surface area is 201 Å². The number of carbonyl (C=O) groups is 1. The van der Waals surface area contributed by atoms with Crippen LogP contribution in [0.1, 0.15) is 51.3 Å². The van der Waals surface area contributed by atoms with Crippen molar-refractivity contribution in [2.24, 2.45) is 5.92 Å². The first-order chi connectivity index (χ1) is 16.0. The number of nitrogens with zero attached hydrogens (tertiary/aromatic N) is 1. The highest BCUT2D eigenvalue weighted by molar-refractivity contribution is 7.16. The maximum Gasteiger partial charge on any atom is 0.328 e. The molecule has 0 radical (unpaired) electrons. The third kappa shape index (κ3) is 4.43. The van der Waals surface area contributed by atoms with Gasteiger partial charge in [0.25, 0.3) is 0 Å². The molecular formula is C28H25NO2S2. The van der Waals surface area contributed by atoms with E-state index in [1.165, 1.54) is 62.1 Å². The van der Waals surface area contributed by atoms with Crippen LogP contribution < -0.4 is 0 Å². The second kappa shape index (κ2) is 9.08. The molecule has 2 aromatic carbocycles. The van der Waals surface area contributed by atoms with Gasteiger partial charge in [-0.25, -0.2) is 9.78 Å². The van der Waals surface area contributed by atoms with Crippen LogP contribution in [-0.4, -0.2) is 16.1 Å². The molecule has 1 aliphatic carbocycles. The zero-order chi connectivity index (χ0) is 22.9. The minimum absolute atomic E-state index is 0.550. The van der Waals surface area contributed by atoms with Gasteiger partial charge < -0.3 is 5.11 Å². The Morgan fingerprint density at radius 1 is 1.06 bits per heavy atom. The Morgan fingerprint density at radius 3 is 2.45 bits per heavy atom. The first kappa shape index (κ1) is 21.8. The second-order valence-electron chi connectivity index (χ2n) is 8.61. The van der Waals surface area contributed by atoms with Crippen LogP contribution in [0.2, 0.25) is 0 Å². The van der Waals surface area contributed by atoms with Gasteiger partial charge in [-0.2, -0.15) is 0 Å². The Kier molecular flexibility index (Phi) is 6.00. The van der Waals surface area contributed by atoms with Crippen LogP contribution in [0.5, 0.6) is 0 Å². The number of hydrogen-bond donors (Lipinski definition) is 1. The summed E-state index contributed by atoms with van der Waals surface area (Å²) in [6, 6.07) is 17.2. The summed E-state index contributed by atoms with van der Waals surface area (Å²) in [7, 11) is 0. The van der Waals surface area contributed by atoms with E-state index in [2.05, 4.69) is 55.2 Å². The van der Waals surface area contributed by atoms with Crippen molar-refractivity contribution in [1.82, 2.24) is 4.98 Å². The third-order valence-electron chi connectivity index (χ3n) is 6.31. The molecule has 0 saturated heterocycles. The zero-order valence-electron chi connectivity index (χ0n) is 18.7. The Hall–Kier alpha value is -3.02. The monoisotopic (exact) mass is 471 g/mol. The Morgan fingerprint density at radius 2 is 1.82 bits per heavy atom. The average molecular weight is 472 g/mol. The van der Waals surface area contributed by atoms with Gasteiger partial charge in [-0.3, -0.25) is 0 Å². The van der Waals surface area contributed by atoms with E-state index in [4.69, 9.17) is 5.11 Å². The number of hydrogen-bond acceptors (Lipinski definition) is 4. The van der Waals surface area contributed by atoms with E-state index < -0.39 is 5.97 Å². The van der Waals surface area contributed by atoms with Gasteiger partial charge in [0.2, 0.25) is 0 Å². The van der Waals surface area contributed by atoms with E-state index in [1.54, 1.807) is 17.4 Å². The second-order valence-corrected chi connectivity index (χ2v) is 10.8. The summed E-state index contributed by atoms with van der Waals surface area (Å²) >= 11 is 3.55. The number of carboxylic acid groups (broad SMARTS) is 1. The molecule has 4 aromatic rings. The van der Waals surface area contributed by atoms with Crippen molar-refractivity contribution in [1.29, 1.82) is 0 Å². The molecule has 1 saturated carbocycles. The van der Waals surface area contributed by atoms with Crippen LogP contribution in [-0.2, 0) is 4.79 Å². The van der Waals surface area contributed by atoms with Gasteiger partial charge >= 0.3 is 5.97 Å². The van der Waals surface area contributed by atoms with Crippen molar-refractivity contribution >= 4 is 56.1 Å². The standard InChI is InChI=1S/C28H25NO2S2/c1-17-14-18(2)33-28(17)27(20-4-3-5-20)26(22-11-12-24-23(15-22)29-16-32-24)21-9-6-19(7-10-21)8-13-25(30)31/h6-16,20H,3-5H2,1-2H3,(H,30,31)/b13-8+,27-26+. The fraction of sp³-hybridized carbons (Fsp3) is 0.214. The summed E-state index contributed by atoms with van der Waals surface area (Å²) < 4.78 is 1.19. The summed E-state index contributed by atoms with van der Waals surface area (Å²) in [5.41, 5.74) is 10.2. The summed E-state index contributed by atoms with van der Waals surface area (Å²) in [5.74, 6) is -0.387. The average Bonchev–Trinajstić information content (AvgIpc) is 3.36. The molecule has 5 heteroatoms. The molecule has 33 heavy (non-hydrogen) atoms. The van der Waals surface area contributed by atoms with Crippen LogP contribution >= 0.6 is 22.7 Å². The molecule has 0 unspecified atom stereocenters. The van der Waals surface area contributed by atoms with Crippen molar-refractivity contribution in [3.63, 3.8) is 0 Å². The van der Waals surface area contributed by atoms with E-state index in [1.807, 2.05) is 29.0 Å². The summed E-state index contributed by atoms with van der Waals surface area (Å²) in [4.78, 5) is 18.2. The van der Waals surface area contributed by atoms with Crippen molar-refractivity contribution in [2.75, 3.05) is 0 Å². The van der Waals surface area contributed by atoms with E-state index in [0.717, 1.165) is 16.6 Å². The Balaban J connectivity index is 1.74. The van der Waals surface area contributed by atoms with Crippen LogP contribution in [0.25, 0.3) is 27.4 Å². The van der Waals surface area contributed by atoms with Gasteiger partial charge in [0, 0.05) is 15.8 Å². The predicted octanol–water partition coefficient (Wildman–Crippen LogP) is 7.83. The molecule has 0 aliphatic heterocycles. The normalized spacial score (nSPS) is 15.1. The molecule has 0 amide bonds. The van der Waals surface area contributed by atoms with Gasteiger partial charge in [-0.15, -0.1) is 22.7 Å². The molecule has 1 N–H and O–H groups in total. The van der Waals surface area contributed by atoms with E-state index >= 15 is 0 Å². The number of aliphatic carboxylic acids is 1. The fourth-order valence-corrected chi connectivity index (χ4v) is 6.34. The van der Waals surface area contributed by atoms with Gasteiger partial charge in [0.15, 0.2) is 0 Å². The molecule has 5 rings (SSSR count). The number of fused-ring (bicyclic) bond motifs is 1. The lowest BCUT2D eigenvalue weighted by molar-refractivity contribution is -0.131. The lowest BCUT2D eigenvalue weighted by atomic mass is 9.74. The summed E-state index contributed by atoms with van der Waals surface area (Å²) in [6.07, 6.45) is 6.52. The first-order valence-electron chi connectivity index (χ1n) is 11.2. The largest absolute Gasteiger partial charge is 0.478 e. The molecule has 0 atom stereocenters. The van der Waals surface area contributed by atoms with E-state index in [-0.39, 0.29) is 0 Å². The van der Waals surface area contributed by atoms with E-state index in [0.29, 0.717) is 5.92 Å². The molecule has 166 valence electrons. The molecule has 0 spiro atoms. The topological polar surface area (TPSA) is 50.2 Å². The number of benzene rings is 2. The number of thiophene rings is 1. The zero-order valence-corrected chi connectivity index (χ0v) is 20.3. The summed E-state index contributed by atoms with van der Waals surface area (Å²) in [5, 5.41) is 8.96. The first-order valence-corrected chi connectivity index (χ1v) is 12.9. The predicted molar refractivity (Wildman–Crippen MR) is 140 cm³/mol. The minimum Gasteiger partial charge on any atom is -0.478 e. The van der Waals surface area contributed by atoms with Crippen LogP contribution in [0.15, 0.2) is 60.1 Å². The molecular weight excluding hydrogens is 446 g/mol. The highest BCUT2D eigenvalue weighted by atomic mass is 32.1. The SMILES string of the molecule is Cc1cc(C)c(/C(=C(\c2ccc(/C=C/C(=O)O)cc2)c2ccc3scnc3c2)C2CCC2)s1. The number of aryl methyl sites for hydroxylation is 2. The lowest BCUT2D eigenvalue weighted by Gasteiger charge is -2.31. The minimum atomic E-state index is -0.938. The molecule has 2 heterocycles. The van der Waals surface area contributed by atoms with Gasteiger partial charge in [0.1, 0.15) is 0 Å². The molecule has 3 nitrogen and oxygen atoms in total. The summed E-state index contributed by atoms with van der Waals surface area (Å²) in [6.45, 7) is 4.41. The maximum atomic E-state index is 10.9. The quantitative estimate of drug-likeness (QED) is 0.292. The number of aromatic nitrogens is 1. The number of allylic oxidation sites excluding steroid dienone is 1. The fourth-order valence-electron chi connectivity index (χ4n) is 4.53. The van der Waals surface area contributed by atoms with Gasteiger partial charge in [0.05, 0.1) is 15.7 Å². The van der Waals surface area contributed by atoms with Crippen LogP contribution in [0, 0.1) is 19.8 Å². The third-order valence-corrected chi connectivity index (χ3v) is 8.30. The van der Waals surface area contributed by atoms with Crippen LogP contribution in [0.3, 0.4) is 0 Å². The van der Waals surface area contributed by atoms with Crippen LogP contribution in [0.4, 0.5) is 0 Å². The van der Waals surface area contributed by atoms with Crippen molar-refractivity contribution in [3.8, 4) is 0 Å². The van der Waals surface area contributed by atoms with Crippen molar-refractivity contribution in [3.05, 3.63) is 92.1 Å². The van der Waals surface area contributed by atoms with Gasteiger partial charge in [-0.05, 0) is 90.3 Å². The highest BCUT2D eigenvalue weighted by Crippen LogP contribution is 2.48. The lowest BCUT2D eigenvalue weighted by Crippen LogP contribution is -2.15. The smallest absolute Gasteiger partial charge is 0.328 e. The molecule has 1 aliphatic rings. The van der Waals surface area contributed by atoms with E-state index in [9.17, 15) is 4.79 Å². The number of rotatable bonds is 6.